The van der Waals surface area contributed by atoms with Crippen LogP contribution in [0.1, 0.15) is 24.8 Å². The number of rotatable bonds is 5. The largest absolute Gasteiger partial charge is 0.338 e. The third kappa shape index (κ3) is 3.24. The van der Waals surface area contributed by atoms with E-state index in [2.05, 4.69) is 39.6 Å². The smallest absolute Gasteiger partial charge is 0.137 e. The number of halogens is 1. The van der Waals surface area contributed by atoms with Gasteiger partial charge in [-0.15, -0.1) is 0 Å². The van der Waals surface area contributed by atoms with Gasteiger partial charge in [-0.3, -0.25) is 0 Å². The van der Waals surface area contributed by atoms with Crippen molar-refractivity contribution in [3.8, 4) is 22.6 Å². The van der Waals surface area contributed by atoms with Gasteiger partial charge >= 0.3 is 0 Å². The van der Waals surface area contributed by atoms with Gasteiger partial charge in [0.05, 0.1) is 11.9 Å². The van der Waals surface area contributed by atoms with Crippen molar-refractivity contribution in [3.05, 3.63) is 66.1 Å². The highest BCUT2D eigenvalue weighted by Gasteiger charge is 2.16. The van der Waals surface area contributed by atoms with E-state index in [1.54, 1.807) is 12.1 Å². The number of aromatic amines is 1. The normalized spacial score (nSPS) is 14.5. The predicted molar refractivity (Wildman–Crippen MR) is 93.9 cm³/mol. The van der Waals surface area contributed by atoms with Crippen molar-refractivity contribution in [2.45, 2.75) is 31.8 Å². The van der Waals surface area contributed by atoms with Gasteiger partial charge in [0.1, 0.15) is 11.6 Å². The van der Waals surface area contributed by atoms with Gasteiger partial charge in [-0.05, 0) is 54.3 Å². The van der Waals surface area contributed by atoms with E-state index in [4.69, 9.17) is 0 Å². The minimum absolute atomic E-state index is 0.239. The van der Waals surface area contributed by atoms with Crippen LogP contribution < -0.4 is 5.32 Å². The van der Waals surface area contributed by atoms with E-state index in [1.807, 2.05) is 6.20 Å². The molecule has 1 aliphatic carbocycles. The molecule has 122 valence electrons. The molecule has 1 fully saturated rings. The summed E-state index contributed by atoms with van der Waals surface area (Å²) in [6.45, 7) is 0.900. The second-order valence-electron chi connectivity index (χ2n) is 6.36. The summed E-state index contributed by atoms with van der Waals surface area (Å²) >= 11 is 0. The molecule has 2 aromatic carbocycles. The molecule has 0 bridgehead atoms. The first-order valence-electron chi connectivity index (χ1n) is 8.41. The molecule has 24 heavy (non-hydrogen) atoms. The second-order valence-corrected chi connectivity index (χ2v) is 6.36. The first-order valence-corrected chi connectivity index (χ1v) is 8.41. The van der Waals surface area contributed by atoms with E-state index < -0.39 is 0 Å². The lowest BCUT2D eigenvalue weighted by Crippen LogP contribution is -2.34. The van der Waals surface area contributed by atoms with Gasteiger partial charge in [0.2, 0.25) is 0 Å². The molecule has 0 spiro atoms. The van der Waals surface area contributed by atoms with Gasteiger partial charge in [0.25, 0.3) is 0 Å². The molecule has 1 aromatic heterocycles. The standard InChI is InChI=1S/C20H20FN3/c21-17-9-7-15(8-10-17)20-23-13-19(24-20)16-4-1-3-14(11-16)12-22-18-5-2-6-18/h1,3-4,7-11,13,18,22H,2,5-6,12H2,(H,23,24). The highest BCUT2D eigenvalue weighted by atomic mass is 19.1. The van der Waals surface area contributed by atoms with Gasteiger partial charge < -0.3 is 10.3 Å². The number of aromatic nitrogens is 2. The van der Waals surface area contributed by atoms with E-state index in [9.17, 15) is 4.39 Å². The molecule has 2 N–H and O–H groups in total. The Bertz CT molecular complexity index is 819. The molecule has 0 unspecified atom stereocenters. The Hall–Kier alpha value is -2.46. The number of imidazole rings is 1. The minimum atomic E-state index is -0.239. The topological polar surface area (TPSA) is 40.7 Å². The zero-order valence-electron chi connectivity index (χ0n) is 13.4. The summed E-state index contributed by atoms with van der Waals surface area (Å²) in [4.78, 5) is 7.75. The Morgan fingerprint density at radius 3 is 2.67 bits per heavy atom. The van der Waals surface area contributed by atoms with Crippen LogP contribution in [0.15, 0.2) is 54.7 Å². The molecule has 3 aromatic rings. The van der Waals surface area contributed by atoms with Crippen LogP contribution in [-0.4, -0.2) is 16.0 Å². The molecule has 0 saturated heterocycles. The summed E-state index contributed by atoms with van der Waals surface area (Å²) in [6, 6.07) is 15.5. The Labute approximate surface area is 141 Å². The molecule has 1 saturated carbocycles. The fourth-order valence-corrected chi connectivity index (χ4v) is 2.95. The van der Waals surface area contributed by atoms with Crippen LogP contribution in [0.25, 0.3) is 22.6 Å². The summed E-state index contributed by atoms with van der Waals surface area (Å²) in [7, 11) is 0. The number of nitrogens with zero attached hydrogens (tertiary/aromatic N) is 1. The van der Waals surface area contributed by atoms with Crippen molar-refractivity contribution >= 4 is 0 Å². The lowest BCUT2D eigenvalue weighted by atomic mass is 9.93. The third-order valence-electron chi connectivity index (χ3n) is 4.63. The van der Waals surface area contributed by atoms with Crippen LogP contribution in [0.2, 0.25) is 0 Å². The zero-order valence-corrected chi connectivity index (χ0v) is 13.4. The fraction of sp³-hybridized carbons (Fsp3) is 0.250. The lowest BCUT2D eigenvalue weighted by molar-refractivity contribution is 0.338. The Morgan fingerprint density at radius 2 is 1.92 bits per heavy atom. The summed E-state index contributed by atoms with van der Waals surface area (Å²) in [6.07, 6.45) is 5.76. The van der Waals surface area contributed by atoms with Gasteiger partial charge in [-0.2, -0.15) is 0 Å². The van der Waals surface area contributed by atoms with Crippen molar-refractivity contribution in [1.29, 1.82) is 0 Å². The van der Waals surface area contributed by atoms with Gasteiger partial charge in [0, 0.05) is 18.2 Å². The number of nitrogens with one attached hydrogen (secondary N) is 2. The van der Waals surface area contributed by atoms with Crippen LogP contribution >= 0.6 is 0 Å². The van der Waals surface area contributed by atoms with Gasteiger partial charge in [-0.1, -0.05) is 24.6 Å². The third-order valence-corrected chi connectivity index (χ3v) is 4.63. The van der Waals surface area contributed by atoms with E-state index in [-0.39, 0.29) is 5.82 Å². The molecular weight excluding hydrogens is 301 g/mol. The molecule has 3 nitrogen and oxygen atoms in total. The van der Waals surface area contributed by atoms with Crippen LogP contribution in [0.4, 0.5) is 4.39 Å². The second kappa shape index (κ2) is 6.57. The lowest BCUT2D eigenvalue weighted by Gasteiger charge is -2.26. The molecule has 4 rings (SSSR count). The molecule has 1 heterocycles. The molecule has 0 aliphatic heterocycles. The van der Waals surface area contributed by atoms with Crippen LogP contribution in [0.5, 0.6) is 0 Å². The monoisotopic (exact) mass is 321 g/mol. The van der Waals surface area contributed by atoms with E-state index in [0.717, 1.165) is 29.2 Å². The molecule has 4 heteroatoms. The van der Waals surface area contributed by atoms with Crippen molar-refractivity contribution in [3.63, 3.8) is 0 Å². The Balaban J connectivity index is 1.52. The van der Waals surface area contributed by atoms with Crippen molar-refractivity contribution in [1.82, 2.24) is 15.3 Å². The van der Waals surface area contributed by atoms with Crippen molar-refractivity contribution in [2.24, 2.45) is 0 Å². The quantitative estimate of drug-likeness (QED) is 0.725. The first kappa shape index (κ1) is 15.1. The number of hydrogen-bond donors (Lipinski definition) is 2. The average Bonchev–Trinajstić information content (AvgIpc) is 3.04. The SMILES string of the molecule is Fc1ccc(-c2ncc(-c3cccc(CNC4CCC4)c3)[nH]2)cc1. The first-order chi connectivity index (χ1) is 11.8. The van der Waals surface area contributed by atoms with Crippen LogP contribution in [-0.2, 0) is 6.54 Å². The van der Waals surface area contributed by atoms with Crippen molar-refractivity contribution < 1.29 is 4.39 Å². The van der Waals surface area contributed by atoms with E-state index in [0.29, 0.717) is 6.04 Å². The van der Waals surface area contributed by atoms with Gasteiger partial charge in [0.15, 0.2) is 0 Å². The van der Waals surface area contributed by atoms with E-state index >= 15 is 0 Å². The number of benzene rings is 2. The predicted octanol–water partition coefficient (Wildman–Crippen LogP) is 4.52. The number of hydrogen-bond acceptors (Lipinski definition) is 2. The van der Waals surface area contributed by atoms with Crippen molar-refractivity contribution in [2.75, 3.05) is 0 Å². The Kier molecular flexibility index (Phi) is 4.13. The van der Waals surface area contributed by atoms with Crippen LogP contribution in [0, 0.1) is 5.82 Å². The molecule has 1 aliphatic rings. The van der Waals surface area contributed by atoms with Crippen LogP contribution in [0.3, 0.4) is 0 Å². The molecule has 0 amide bonds. The highest BCUT2D eigenvalue weighted by molar-refractivity contribution is 5.64. The van der Waals surface area contributed by atoms with E-state index in [1.165, 1.54) is 37.0 Å². The maximum absolute atomic E-state index is 13.0. The maximum Gasteiger partial charge on any atom is 0.137 e. The summed E-state index contributed by atoms with van der Waals surface area (Å²) in [5, 5.41) is 3.59. The summed E-state index contributed by atoms with van der Waals surface area (Å²) in [5.41, 5.74) is 4.24. The molecular formula is C20H20FN3. The minimum Gasteiger partial charge on any atom is -0.338 e. The summed E-state index contributed by atoms with van der Waals surface area (Å²) < 4.78 is 13.0. The fourth-order valence-electron chi connectivity index (χ4n) is 2.95. The summed E-state index contributed by atoms with van der Waals surface area (Å²) in [5.74, 6) is 0.514. The zero-order chi connectivity index (χ0) is 16.4. The highest BCUT2D eigenvalue weighted by Crippen LogP contribution is 2.24. The van der Waals surface area contributed by atoms with Gasteiger partial charge in [-0.25, -0.2) is 9.37 Å². The molecule has 0 atom stereocenters. The Morgan fingerprint density at radius 1 is 1.08 bits per heavy atom. The molecule has 0 radical (unpaired) electrons. The average molecular weight is 321 g/mol. The maximum atomic E-state index is 13.0. The number of H-pyrrole nitrogens is 1.